The summed E-state index contributed by atoms with van der Waals surface area (Å²) < 4.78 is 5.43. The maximum Gasteiger partial charge on any atom is 0.411 e. The fourth-order valence-corrected chi connectivity index (χ4v) is 2.55. The number of piperidine rings is 1. The summed E-state index contributed by atoms with van der Waals surface area (Å²) in [7, 11) is 0. The molecule has 1 aliphatic heterocycles. The van der Waals surface area contributed by atoms with Gasteiger partial charge in [0.15, 0.2) is 0 Å². The van der Waals surface area contributed by atoms with Crippen LogP contribution in [0.4, 0.5) is 10.5 Å². The summed E-state index contributed by atoms with van der Waals surface area (Å²) in [5.41, 5.74) is 0.789. The van der Waals surface area contributed by atoms with Gasteiger partial charge in [-0.25, -0.2) is 4.79 Å². The molecule has 2 N–H and O–H groups in total. The Labute approximate surface area is 118 Å². The highest BCUT2D eigenvalue weighted by Gasteiger charge is 2.17. The normalized spacial score (nSPS) is 18.7. The molecule has 0 aromatic heterocycles. The molecule has 3 rings (SSSR count). The van der Waals surface area contributed by atoms with Crippen molar-refractivity contribution in [2.75, 3.05) is 18.4 Å². The first kappa shape index (κ1) is 12.9. The Hall–Kier alpha value is -2.07. The molecule has 0 aliphatic carbocycles. The zero-order chi connectivity index (χ0) is 13.8. The lowest BCUT2D eigenvalue weighted by molar-refractivity contribution is 0.0942. The predicted molar refractivity (Wildman–Crippen MR) is 79.9 cm³/mol. The van der Waals surface area contributed by atoms with Crippen LogP contribution >= 0.6 is 0 Å². The number of amides is 1. The van der Waals surface area contributed by atoms with Crippen molar-refractivity contribution in [2.45, 2.75) is 18.9 Å². The molecule has 0 radical (unpaired) electrons. The third kappa shape index (κ3) is 2.91. The van der Waals surface area contributed by atoms with E-state index in [9.17, 15) is 4.79 Å². The highest BCUT2D eigenvalue weighted by molar-refractivity contribution is 6.00. The smallest absolute Gasteiger partial charge is 0.411 e. The molecule has 1 heterocycles. The van der Waals surface area contributed by atoms with E-state index in [1.54, 1.807) is 0 Å². The molecule has 4 nitrogen and oxygen atoms in total. The van der Waals surface area contributed by atoms with E-state index in [0.29, 0.717) is 0 Å². The number of carbonyl (C=O) groups is 1. The molecule has 104 valence electrons. The van der Waals surface area contributed by atoms with Crippen LogP contribution in [-0.2, 0) is 4.74 Å². The quantitative estimate of drug-likeness (QED) is 0.881. The molecule has 0 bridgehead atoms. The number of hydrogen-bond donors (Lipinski definition) is 2. The van der Waals surface area contributed by atoms with Crippen LogP contribution in [0.1, 0.15) is 12.8 Å². The SMILES string of the molecule is O=C(Nc1cccc2ccccc12)OC1CCCNC1. The molecule has 1 aliphatic rings. The molecule has 4 heteroatoms. The number of fused-ring (bicyclic) bond motifs is 1. The number of anilines is 1. The van der Waals surface area contributed by atoms with Gasteiger partial charge in [-0.05, 0) is 30.8 Å². The van der Waals surface area contributed by atoms with Gasteiger partial charge in [0.25, 0.3) is 0 Å². The lowest BCUT2D eigenvalue weighted by Crippen LogP contribution is -2.37. The second kappa shape index (κ2) is 5.92. The molecule has 1 unspecified atom stereocenters. The highest BCUT2D eigenvalue weighted by Crippen LogP contribution is 2.23. The Balaban J connectivity index is 1.71. The van der Waals surface area contributed by atoms with E-state index >= 15 is 0 Å². The van der Waals surface area contributed by atoms with Crippen molar-refractivity contribution < 1.29 is 9.53 Å². The van der Waals surface area contributed by atoms with E-state index in [0.717, 1.165) is 42.4 Å². The fraction of sp³-hybridized carbons (Fsp3) is 0.312. The van der Waals surface area contributed by atoms with Gasteiger partial charge in [-0.3, -0.25) is 5.32 Å². The van der Waals surface area contributed by atoms with Crippen molar-refractivity contribution in [3.8, 4) is 0 Å². The zero-order valence-corrected chi connectivity index (χ0v) is 11.3. The van der Waals surface area contributed by atoms with Crippen LogP contribution < -0.4 is 10.6 Å². The molecule has 0 saturated carbocycles. The Morgan fingerprint density at radius 2 is 2.05 bits per heavy atom. The Kier molecular flexibility index (Phi) is 3.83. The third-order valence-corrected chi connectivity index (χ3v) is 3.55. The maximum atomic E-state index is 12.0. The zero-order valence-electron chi connectivity index (χ0n) is 11.3. The van der Waals surface area contributed by atoms with Crippen LogP contribution in [0.25, 0.3) is 10.8 Å². The van der Waals surface area contributed by atoms with Gasteiger partial charge in [0.1, 0.15) is 6.10 Å². The third-order valence-electron chi connectivity index (χ3n) is 3.55. The van der Waals surface area contributed by atoms with Gasteiger partial charge in [-0.1, -0.05) is 36.4 Å². The Morgan fingerprint density at radius 3 is 2.90 bits per heavy atom. The lowest BCUT2D eigenvalue weighted by Gasteiger charge is -2.23. The van der Waals surface area contributed by atoms with Crippen molar-refractivity contribution in [3.05, 3.63) is 42.5 Å². The fourth-order valence-electron chi connectivity index (χ4n) is 2.55. The predicted octanol–water partition coefficient (Wildman–Crippen LogP) is 3.14. The summed E-state index contributed by atoms with van der Waals surface area (Å²) in [5.74, 6) is 0. The summed E-state index contributed by atoms with van der Waals surface area (Å²) in [4.78, 5) is 12.0. The maximum absolute atomic E-state index is 12.0. The molecular formula is C16H18N2O2. The largest absolute Gasteiger partial charge is 0.445 e. The van der Waals surface area contributed by atoms with Gasteiger partial charge in [0, 0.05) is 11.9 Å². The first-order valence-corrected chi connectivity index (χ1v) is 6.99. The van der Waals surface area contributed by atoms with E-state index < -0.39 is 0 Å². The summed E-state index contributed by atoms with van der Waals surface area (Å²) in [6, 6.07) is 13.8. The van der Waals surface area contributed by atoms with Gasteiger partial charge in [-0.2, -0.15) is 0 Å². The van der Waals surface area contributed by atoms with E-state index in [1.807, 2.05) is 42.5 Å². The summed E-state index contributed by atoms with van der Waals surface area (Å²) in [6.07, 6.45) is 1.57. The van der Waals surface area contributed by atoms with Crippen molar-refractivity contribution in [1.82, 2.24) is 5.32 Å². The molecule has 0 spiro atoms. The second-order valence-corrected chi connectivity index (χ2v) is 5.03. The van der Waals surface area contributed by atoms with Gasteiger partial charge >= 0.3 is 6.09 Å². The standard InChI is InChI=1S/C16H18N2O2/c19-16(20-13-7-4-10-17-11-13)18-15-9-3-6-12-5-1-2-8-14(12)15/h1-3,5-6,8-9,13,17H,4,7,10-11H2,(H,18,19). The van der Waals surface area contributed by atoms with Crippen LogP contribution in [0, 0.1) is 0 Å². The first-order chi connectivity index (χ1) is 9.83. The number of benzene rings is 2. The molecule has 1 saturated heterocycles. The van der Waals surface area contributed by atoms with Crippen LogP contribution in [0.15, 0.2) is 42.5 Å². The van der Waals surface area contributed by atoms with E-state index in [4.69, 9.17) is 4.74 Å². The minimum atomic E-state index is -0.380. The van der Waals surface area contributed by atoms with Crippen molar-refractivity contribution in [1.29, 1.82) is 0 Å². The number of carbonyl (C=O) groups excluding carboxylic acids is 1. The molecular weight excluding hydrogens is 252 g/mol. The topological polar surface area (TPSA) is 50.4 Å². The summed E-state index contributed by atoms with van der Waals surface area (Å²) >= 11 is 0. The number of rotatable bonds is 2. The number of hydrogen-bond acceptors (Lipinski definition) is 3. The van der Waals surface area contributed by atoms with Crippen LogP contribution in [0.5, 0.6) is 0 Å². The molecule has 2 aromatic rings. The van der Waals surface area contributed by atoms with E-state index in [2.05, 4.69) is 10.6 Å². The Morgan fingerprint density at radius 1 is 1.20 bits per heavy atom. The van der Waals surface area contributed by atoms with Gasteiger partial charge < -0.3 is 10.1 Å². The average molecular weight is 270 g/mol. The lowest BCUT2D eigenvalue weighted by atomic mass is 10.1. The minimum Gasteiger partial charge on any atom is -0.445 e. The molecule has 2 aromatic carbocycles. The molecule has 1 amide bonds. The molecule has 20 heavy (non-hydrogen) atoms. The highest BCUT2D eigenvalue weighted by atomic mass is 16.6. The second-order valence-electron chi connectivity index (χ2n) is 5.03. The van der Waals surface area contributed by atoms with Gasteiger partial charge in [-0.15, -0.1) is 0 Å². The van der Waals surface area contributed by atoms with Crippen molar-refractivity contribution in [3.63, 3.8) is 0 Å². The van der Waals surface area contributed by atoms with Gasteiger partial charge in [0.05, 0.1) is 5.69 Å². The summed E-state index contributed by atoms with van der Waals surface area (Å²) in [5, 5.41) is 8.20. The van der Waals surface area contributed by atoms with Crippen LogP contribution in [0.3, 0.4) is 0 Å². The molecule has 1 fully saturated rings. The van der Waals surface area contributed by atoms with E-state index in [1.165, 1.54) is 0 Å². The van der Waals surface area contributed by atoms with Crippen molar-refractivity contribution in [2.24, 2.45) is 0 Å². The Bertz CT molecular complexity index is 601. The average Bonchev–Trinajstić information content (AvgIpc) is 2.48. The first-order valence-electron chi connectivity index (χ1n) is 6.99. The van der Waals surface area contributed by atoms with Gasteiger partial charge in [0.2, 0.25) is 0 Å². The van der Waals surface area contributed by atoms with E-state index in [-0.39, 0.29) is 12.2 Å². The van der Waals surface area contributed by atoms with Crippen molar-refractivity contribution >= 4 is 22.6 Å². The summed E-state index contributed by atoms with van der Waals surface area (Å²) in [6.45, 7) is 1.74. The number of ether oxygens (including phenoxy) is 1. The monoisotopic (exact) mass is 270 g/mol. The molecule has 1 atom stereocenters. The van der Waals surface area contributed by atoms with Crippen LogP contribution in [-0.4, -0.2) is 25.3 Å². The van der Waals surface area contributed by atoms with Crippen LogP contribution in [0.2, 0.25) is 0 Å². The number of nitrogens with one attached hydrogen (secondary N) is 2. The minimum absolute atomic E-state index is 0.0290.